The molecule has 1 rings (SSSR count). The molecule has 0 amide bonds. The van der Waals surface area contributed by atoms with Crippen LogP contribution < -0.4 is 5.43 Å². The molecule has 1 heterocycles. The molecule has 0 bridgehead atoms. The lowest BCUT2D eigenvalue weighted by Gasteiger charge is -2.13. The molecule has 3 nitrogen and oxygen atoms in total. The van der Waals surface area contributed by atoms with Crippen molar-refractivity contribution in [2.24, 2.45) is 5.10 Å². The van der Waals surface area contributed by atoms with E-state index in [1.807, 2.05) is 5.43 Å². The minimum atomic E-state index is -4.21. The summed E-state index contributed by atoms with van der Waals surface area (Å²) in [7, 11) is 0. The monoisotopic (exact) mass is 196 g/mol. The van der Waals surface area contributed by atoms with Gasteiger partial charge in [-0.15, -0.1) is 0 Å². The maximum absolute atomic E-state index is 11.6. The fraction of sp³-hybridized carbons (Fsp3) is 0.857. The molecule has 1 aliphatic rings. The van der Waals surface area contributed by atoms with Crippen molar-refractivity contribution in [2.75, 3.05) is 19.8 Å². The molecule has 0 aromatic rings. The third-order valence-electron chi connectivity index (χ3n) is 1.54. The summed E-state index contributed by atoms with van der Waals surface area (Å²) in [5.41, 5.74) is 2.63. The minimum Gasteiger partial charge on any atom is -0.375 e. The van der Waals surface area contributed by atoms with Crippen molar-refractivity contribution in [1.82, 2.24) is 5.43 Å². The van der Waals surface area contributed by atoms with Crippen molar-refractivity contribution in [1.29, 1.82) is 0 Å². The van der Waals surface area contributed by atoms with Crippen LogP contribution in [0, 0.1) is 0 Å². The molecule has 76 valence electrons. The summed E-state index contributed by atoms with van der Waals surface area (Å²) in [4.78, 5) is 0. The lowest BCUT2D eigenvalue weighted by molar-refractivity contribution is -0.124. The van der Waals surface area contributed by atoms with Gasteiger partial charge in [0, 0.05) is 6.61 Å². The quantitative estimate of drug-likeness (QED) is 0.675. The Morgan fingerprint density at radius 2 is 2.23 bits per heavy atom. The van der Waals surface area contributed by atoms with Gasteiger partial charge in [0.1, 0.15) is 6.54 Å². The fourth-order valence-corrected chi connectivity index (χ4v) is 0.970. The molecular formula is C7H11F3N2O. The van der Waals surface area contributed by atoms with Crippen LogP contribution in [0.3, 0.4) is 0 Å². The molecule has 1 fully saturated rings. The molecule has 13 heavy (non-hydrogen) atoms. The van der Waals surface area contributed by atoms with E-state index in [0.29, 0.717) is 25.3 Å². The summed E-state index contributed by atoms with van der Waals surface area (Å²) < 4.78 is 40.0. The number of hydrogen-bond acceptors (Lipinski definition) is 3. The number of halogens is 3. The second kappa shape index (κ2) is 4.45. The highest BCUT2D eigenvalue weighted by Crippen LogP contribution is 2.12. The highest BCUT2D eigenvalue weighted by Gasteiger charge is 2.26. The van der Waals surface area contributed by atoms with Gasteiger partial charge in [-0.1, -0.05) is 0 Å². The molecule has 1 saturated heterocycles. The third kappa shape index (κ3) is 4.72. The normalized spacial score (nSPS) is 21.9. The van der Waals surface area contributed by atoms with Gasteiger partial charge in [0.2, 0.25) is 0 Å². The van der Waals surface area contributed by atoms with Crippen LogP contribution >= 0.6 is 0 Å². The zero-order valence-corrected chi connectivity index (χ0v) is 7.02. The standard InChI is InChI=1S/C7H11F3N2O/c8-7(9,10)5-11-12-6-2-1-3-13-4-6/h11H,1-5H2/b12-6+. The molecule has 0 aromatic heterocycles. The average molecular weight is 196 g/mol. The third-order valence-corrected chi connectivity index (χ3v) is 1.54. The van der Waals surface area contributed by atoms with Crippen LogP contribution in [0.5, 0.6) is 0 Å². The summed E-state index contributed by atoms with van der Waals surface area (Å²) in [5.74, 6) is 0. The Labute approximate surface area is 73.9 Å². The van der Waals surface area contributed by atoms with Crippen LogP contribution in [0.25, 0.3) is 0 Å². The van der Waals surface area contributed by atoms with E-state index in [9.17, 15) is 13.2 Å². The predicted molar refractivity (Wildman–Crippen MR) is 41.5 cm³/mol. The lowest BCUT2D eigenvalue weighted by atomic mass is 10.2. The number of hydrazone groups is 1. The maximum Gasteiger partial charge on any atom is 0.407 e. The minimum absolute atomic E-state index is 0.338. The van der Waals surface area contributed by atoms with Gasteiger partial charge in [-0.05, 0) is 12.8 Å². The van der Waals surface area contributed by atoms with Crippen molar-refractivity contribution >= 4 is 5.71 Å². The summed E-state index contributed by atoms with van der Waals surface area (Å²) >= 11 is 0. The van der Waals surface area contributed by atoms with Gasteiger partial charge in [-0.25, -0.2) is 0 Å². The zero-order valence-electron chi connectivity index (χ0n) is 7.02. The van der Waals surface area contributed by atoms with E-state index in [4.69, 9.17) is 4.74 Å². The van der Waals surface area contributed by atoms with Gasteiger partial charge in [-0.3, -0.25) is 0 Å². The Morgan fingerprint density at radius 3 is 2.77 bits per heavy atom. The van der Waals surface area contributed by atoms with Crippen LogP contribution in [-0.2, 0) is 4.74 Å². The molecule has 0 spiro atoms. The lowest BCUT2D eigenvalue weighted by Crippen LogP contribution is -2.27. The Kier molecular flexibility index (Phi) is 3.53. The van der Waals surface area contributed by atoms with E-state index in [1.54, 1.807) is 0 Å². The molecular weight excluding hydrogens is 185 g/mol. The molecule has 1 N–H and O–H groups in total. The van der Waals surface area contributed by atoms with Crippen LogP contribution in [0.15, 0.2) is 5.10 Å². The Balaban J connectivity index is 2.22. The molecule has 0 radical (unpaired) electrons. The highest BCUT2D eigenvalue weighted by molar-refractivity contribution is 5.85. The van der Waals surface area contributed by atoms with Gasteiger partial charge < -0.3 is 10.2 Å². The second-order valence-corrected chi connectivity index (χ2v) is 2.78. The summed E-state index contributed by atoms with van der Waals surface area (Å²) in [6.07, 6.45) is -2.67. The zero-order chi connectivity index (χ0) is 9.73. The number of ether oxygens (including phenoxy) is 1. The van der Waals surface area contributed by atoms with Crippen molar-refractivity contribution in [3.63, 3.8) is 0 Å². The maximum atomic E-state index is 11.6. The Hall–Kier alpha value is -0.780. The van der Waals surface area contributed by atoms with E-state index in [-0.39, 0.29) is 0 Å². The first-order chi connectivity index (χ1) is 6.08. The number of hydrogen-bond donors (Lipinski definition) is 1. The molecule has 0 unspecified atom stereocenters. The number of rotatable bonds is 2. The fourth-order valence-electron chi connectivity index (χ4n) is 0.970. The smallest absolute Gasteiger partial charge is 0.375 e. The van der Waals surface area contributed by atoms with Crippen LogP contribution in [0.1, 0.15) is 12.8 Å². The molecule has 1 aliphatic heterocycles. The Bertz CT molecular complexity index is 183. The second-order valence-electron chi connectivity index (χ2n) is 2.78. The number of nitrogens with one attached hydrogen (secondary N) is 1. The molecule has 0 saturated carbocycles. The van der Waals surface area contributed by atoms with E-state index in [0.717, 1.165) is 6.42 Å². The van der Waals surface area contributed by atoms with Crippen molar-refractivity contribution < 1.29 is 17.9 Å². The first-order valence-corrected chi connectivity index (χ1v) is 4.01. The summed E-state index contributed by atoms with van der Waals surface area (Å²) in [6.45, 7) is -0.0837. The van der Waals surface area contributed by atoms with Crippen molar-refractivity contribution in [3.8, 4) is 0 Å². The van der Waals surface area contributed by atoms with Gasteiger partial charge in [0.15, 0.2) is 0 Å². The van der Waals surface area contributed by atoms with Crippen molar-refractivity contribution in [2.45, 2.75) is 19.0 Å². The molecule has 0 aromatic carbocycles. The van der Waals surface area contributed by atoms with E-state index in [1.165, 1.54) is 0 Å². The largest absolute Gasteiger partial charge is 0.407 e. The summed E-state index contributed by atoms with van der Waals surface area (Å²) in [6, 6.07) is 0. The predicted octanol–water partition coefficient (Wildman–Crippen LogP) is 1.30. The van der Waals surface area contributed by atoms with E-state index < -0.39 is 12.7 Å². The summed E-state index contributed by atoms with van der Waals surface area (Å²) in [5, 5.41) is 3.59. The molecule has 6 heteroatoms. The molecule has 0 atom stereocenters. The number of nitrogens with zero attached hydrogens (tertiary/aromatic N) is 1. The average Bonchev–Trinajstić information content (AvgIpc) is 2.04. The van der Waals surface area contributed by atoms with Gasteiger partial charge in [0.05, 0.1) is 12.3 Å². The van der Waals surface area contributed by atoms with E-state index >= 15 is 0 Å². The van der Waals surface area contributed by atoms with Crippen LogP contribution in [0.2, 0.25) is 0 Å². The first-order valence-electron chi connectivity index (χ1n) is 4.01. The van der Waals surface area contributed by atoms with E-state index in [2.05, 4.69) is 5.10 Å². The topological polar surface area (TPSA) is 33.6 Å². The SMILES string of the molecule is FC(F)(F)CN/N=C1\CCCOC1. The highest BCUT2D eigenvalue weighted by atomic mass is 19.4. The first kappa shape index (κ1) is 10.3. The molecule has 0 aliphatic carbocycles. The van der Waals surface area contributed by atoms with Gasteiger partial charge in [-0.2, -0.15) is 18.3 Å². The van der Waals surface area contributed by atoms with Crippen LogP contribution in [0.4, 0.5) is 13.2 Å². The van der Waals surface area contributed by atoms with Gasteiger partial charge >= 0.3 is 6.18 Å². The van der Waals surface area contributed by atoms with Crippen LogP contribution in [-0.4, -0.2) is 31.6 Å². The van der Waals surface area contributed by atoms with Crippen molar-refractivity contribution in [3.05, 3.63) is 0 Å². The number of alkyl halides is 3. The van der Waals surface area contributed by atoms with Gasteiger partial charge in [0.25, 0.3) is 0 Å². The Morgan fingerprint density at radius 1 is 1.46 bits per heavy atom.